The first-order valence-electron chi connectivity index (χ1n) is 6.48. The molecule has 2 rings (SSSR count). The second kappa shape index (κ2) is 6.26. The van der Waals surface area contributed by atoms with Gasteiger partial charge in [-0.1, -0.05) is 18.2 Å². The Labute approximate surface area is 117 Å². The molecule has 2 atom stereocenters. The molecule has 0 aliphatic heterocycles. The van der Waals surface area contributed by atoms with Crippen molar-refractivity contribution in [3.05, 3.63) is 51.7 Å². The lowest BCUT2D eigenvalue weighted by Crippen LogP contribution is -2.30. The predicted molar refractivity (Wildman–Crippen MR) is 78.0 cm³/mol. The Morgan fingerprint density at radius 2 is 2.05 bits per heavy atom. The fraction of sp³-hybridized carbons (Fsp3) is 0.400. The van der Waals surface area contributed by atoms with Crippen LogP contribution in [0.25, 0.3) is 0 Å². The van der Waals surface area contributed by atoms with Gasteiger partial charge in [0.1, 0.15) is 10.8 Å². The summed E-state index contributed by atoms with van der Waals surface area (Å²) in [6.07, 6.45) is 2.57. The zero-order valence-corrected chi connectivity index (χ0v) is 12.3. The van der Waals surface area contributed by atoms with Crippen molar-refractivity contribution in [2.75, 3.05) is 0 Å². The van der Waals surface area contributed by atoms with Gasteiger partial charge in [-0.2, -0.15) is 0 Å². The summed E-state index contributed by atoms with van der Waals surface area (Å²) < 4.78 is 13.6. The number of hydrogen-bond acceptors (Lipinski definition) is 3. The van der Waals surface area contributed by atoms with Gasteiger partial charge in [-0.05, 0) is 38.8 Å². The van der Waals surface area contributed by atoms with E-state index in [9.17, 15) is 4.39 Å². The Hall–Kier alpha value is -1.26. The van der Waals surface area contributed by atoms with Gasteiger partial charge in [0.2, 0.25) is 0 Å². The molecule has 1 heterocycles. The van der Waals surface area contributed by atoms with E-state index in [1.807, 2.05) is 18.3 Å². The topological polar surface area (TPSA) is 24.9 Å². The van der Waals surface area contributed by atoms with Crippen molar-refractivity contribution in [3.63, 3.8) is 0 Å². The minimum absolute atomic E-state index is 0.131. The summed E-state index contributed by atoms with van der Waals surface area (Å²) in [5.74, 6) is -0.131. The average Bonchev–Trinajstić information content (AvgIpc) is 2.79. The van der Waals surface area contributed by atoms with Crippen LogP contribution in [0, 0.1) is 12.7 Å². The van der Waals surface area contributed by atoms with Crippen LogP contribution in [0.1, 0.15) is 35.3 Å². The maximum Gasteiger partial charge on any atom is 0.126 e. The molecule has 102 valence electrons. The molecule has 0 saturated heterocycles. The lowest BCUT2D eigenvalue weighted by atomic mass is 10.1. The normalized spacial score (nSPS) is 14.3. The van der Waals surface area contributed by atoms with Gasteiger partial charge in [-0.15, -0.1) is 11.3 Å². The molecule has 0 saturated carbocycles. The molecule has 19 heavy (non-hydrogen) atoms. The Morgan fingerprint density at radius 1 is 1.32 bits per heavy atom. The van der Waals surface area contributed by atoms with Crippen LogP contribution in [0.4, 0.5) is 4.39 Å². The third-order valence-corrected chi connectivity index (χ3v) is 4.12. The summed E-state index contributed by atoms with van der Waals surface area (Å²) in [5.41, 5.74) is 0.755. The molecule has 1 aromatic carbocycles. The Morgan fingerprint density at radius 3 is 2.68 bits per heavy atom. The zero-order chi connectivity index (χ0) is 13.8. The van der Waals surface area contributed by atoms with E-state index < -0.39 is 0 Å². The number of hydrogen-bond donors (Lipinski definition) is 1. The van der Waals surface area contributed by atoms with E-state index in [1.54, 1.807) is 17.4 Å². The number of halogens is 1. The Bertz CT molecular complexity index is 538. The Kier molecular flexibility index (Phi) is 4.66. The van der Waals surface area contributed by atoms with E-state index >= 15 is 0 Å². The summed E-state index contributed by atoms with van der Waals surface area (Å²) in [7, 11) is 0. The van der Waals surface area contributed by atoms with Crippen molar-refractivity contribution in [2.45, 2.75) is 39.3 Å². The smallest absolute Gasteiger partial charge is 0.126 e. The number of nitrogens with one attached hydrogen (secondary N) is 1. The highest BCUT2D eigenvalue weighted by Gasteiger charge is 2.14. The number of aromatic nitrogens is 1. The first kappa shape index (κ1) is 14.2. The molecule has 1 aromatic heterocycles. The number of thiazole rings is 1. The van der Waals surface area contributed by atoms with E-state index in [-0.39, 0.29) is 17.9 Å². The second-order valence-corrected chi connectivity index (χ2v) is 6.16. The van der Waals surface area contributed by atoms with Gasteiger partial charge in [0.15, 0.2) is 0 Å². The molecule has 2 unspecified atom stereocenters. The molecule has 0 spiro atoms. The van der Waals surface area contributed by atoms with Gasteiger partial charge in [0.05, 0.1) is 6.04 Å². The van der Waals surface area contributed by atoms with Crippen molar-refractivity contribution in [2.24, 2.45) is 0 Å². The minimum atomic E-state index is -0.131. The largest absolute Gasteiger partial charge is 0.305 e. The van der Waals surface area contributed by atoms with E-state index in [4.69, 9.17) is 0 Å². The molecule has 0 fully saturated rings. The van der Waals surface area contributed by atoms with Gasteiger partial charge in [0, 0.05) is 17.1 Å². The van der Waals surface area contributed by atoms with Gasteiger partial charge in [0.25, 0.3) is 0 Å². The van der Waals surface area contributed by atoms with E-state index in [0.717, 1.165) is 10.6 Å². The number of rotatable bonds is 5. The van der Waals surface area contributed by atoms with Crippen LogP contribution in [-0.2, 0) is 6.42 Å². The maximum atomic E-state index is 13.6. The quantitative estimate of drug-likeness (QED) is 0.898. The number of aryl methyl sites for hydroxylation is 1. The van der Waals surface area contributed by atoms with Crippen LogP contribution < -0.4 is 5.32 Å². The second-order valence-electron chi connectivity index (χ2n) is 4.89. The van der Waals surface area contributed by atoms with Gasteiger partial charge in [-0.25, -0.2) is 9.37 Å². The summed E-state index contributed by atoms with van der Waals surface area (Å²) in [4.78, 5) is 5.59. The van der Waals surface area contributed by atoms with Crippen LogP contribution in [0.15, 0.2) is 30.5 Å². The lowest BCUT2D eigenvalue weighted by molar-refractivity contribution is 0.468. The highest BCUT2D eigenvalue weighted by Crippen LogP contribution is 2.20. The minimum Gasteiger partial charge on any atom is -0.305 e. The molecule has 0 radical (unpaired) electrons. The first-order valence-corrected chi connectivity index (χ1v) is 7.29. The molecular formula is C15H19FN2S. The molecule has 1 N–H and O–H groups in total. The van der Waals surface area contributed by atoms with Crippen molar-refractivity contribution in [1.29, 1.82) is 0 Å². The Balaban J connectivity index is 1.94. The highest BCUT2D eigenvalue weighted by molar-refractivity contribution is 7.11. The summed E-state index contributed by atoms with van der Waals surface area (Å²) in [5, 5.41) is 4.55. The molecule has 0 amide bonds. The predicted octanol–water partition coefficient (Wildman–Crippen LogP) is 3.87. The first-order chi connectivity index (χ1) is 9.06. The fourth-order valence-corrected chi connectivity index (χ4v) is 2.91. The van der Waals surface area contributed by atoms with Crippen LogP contribution in [-0.4, -0.2) is 11.0 Å². The van der Waals surface area contributed by atoms with E-state index in [2.05, 4.69) is 31.1 Å². The van der Waals surface area contributed by atoms with Crippen molar-refractivity contribution >= 4 is 11.3 Å². The maximum absolute atomic E-state index is 13.6. The van der Waals surface area contributed by atoms with Gasteiger partial charge in [-0.3, -0.25) is 0 Å². The van der Waals surface area contributed by atoms with E-state index in [1.165, 1.54) is 10.9 Å². The van der Waals surface area contributed by atoms with Crippen molar-refractivity contribution < 1.29 is 4.39 Å². The van der Waals surface area contributed by atoms with Crippen LogP contribution in [0.3, 0.4) is 0 Å². The van der Waals surface area contributed by atoms with Crippen LogP contribution in [0.5, 0.6) is 0 Å². The third-order valence-electron chi connectivity index (χ3n) is 3.03. The summed E-state index contributed by atoms with van der Waals surface area (Å²) >= 11 is 1.70. The van der Waals surface area contributed by atoms with E-state index in [0.29, 0.717) is 6.42 Å². The molecule has 4 heteroatoms. The number of benzene rings is 1. The standard InChI is InChI=1S/C15H19FN2S/c1-10(8-13-6-4-5-7-14(13)16)18-12(3)15-17-9-11(2)19-15/h4-7,9-10,12,18H,8H2,1-3H3. The monoisotopic (exact) mass is 278 g/mol. The molecule has 0 bridgehead atoms. The van der Waals surface area contributed by atoms with Gasteiger partial charge >= 0.3 is 0 Å². The third kappa shape index (κ3) is 3.85. The molecule has 0 aliphatic rings. The molecule has 2 aromatic rings. The highest BCUT2D eigenvalue weighted by atomic mass is 32.1. The molecular weight excluding hydrogens is 259 g/mol. The lowest BCUT2D eigenvalue weighted by Gasteiger charge is -2.18. The van der Waals surface area contributed by atoms with Crippen LogP contribution >= 0.6 is 11.3 Å². The SMILES string of the molecule is Cc1cnc(C(C)NC(C)Cc2ccccc2F)s1. The van der Waals surface area contributed by atoms with Gasteiger partial charge < -0.3 is 5.32 Å². The number of nitrogens with zero attached hydrogens (tertiary/aromatic N) is 1. The fourth-order valence-electron chi connectivity index (χ4n) is 2.12. The summed E-state index contributed by atoms with van der Waals surface area (Å²) in [6, 6.07) is 7.34. The molecule has 2 nitrogen and oxygen atoms in total. The zero-order valence-electron chi connectivity index (χ0n) is 11.5. The summed E-state index contributed by atoms with van der Waals surface area (Å²) in [6.45, 7) is 6.22. The van der Waals surface area contributed by atoms with Crippen LogP contribution in [0.2, 0.25) is 0 Å². The van der Waals surface area contributed by atoms with Crippen molar-refractivity contribution in [3.8, 4) is 0 Å². The molecule has 0 aliphatic carbocycles. The van der Waals surface area contributed by atoms with Crippen molar-refractivity contribution in [1.82, 2.24) is 10.3 Å². The average molecular weight is 278 g/mol.